The highest BCUT2D eigenvalue weighted by atomic mass is 16.5. The van der Waals surface area contributed by atoms with Crippen molar-refractivity contribution in [1.82, 2.24) is 15.0 Å². The van der Waals surface area contributed by atoms with Crippen molar-refractivity contribution in [1.29, 1.82) is 0 Å². The Balaban J connectivity index is 1.53. The Morgan fingerprint density at radius 2 is 1.96 bits per heavy atom. The lowest BCUT2D eigenvalue weighted by Gasteiger charge is -2.47. The van der Waals surface area contributed by atoms with Crippen LogP contribution in [0.2, 0.25) is 0 Å². The Labute approximate surface area is 154 Å². The second-order valence-electron chi connectivity index (χ2n) is 7.66. The van der Waals surface area contributed by atoms with Gasteiger partial charge in [-0.2, -0.15) is 0 Å². The van der Waals surface area contributed by atoms with Crippen LogP contribution in [0.15, 0.2) is 34.9 Å². The van der Waals surface area contributed by atoms with Gasteiger partial charge in [-0.25, -0.2) is 0 Å². The molecule has 26 heavy (non-hydrogen) atoms. The lowest BCUT2D eigenvalue weighted by Crippen LogP contribution is -2.64. The maximum absolute atomic E-state index is 12.6. The van der Waals surface area contributed by atoms with E-state index in [4.69, 9.17) is 4.52 Å². The molecule has 0 N–H and O–H groups in total. The number of aryl methyl sites for hydroxylation is 2. The molecule has 0 bridgehead atoms. The van der Waals surface area contributed by atoms with Crippen LogP contribution in [0.5, 0.6) is 0 Å². The van der Waals surface area contributed by atoms with Gasteiger partial charge < -0.3 is 9.42 Å². The Bertz CT molecular complexity index is 784. The monoisotopic (exact) mass is 354 g/mol. The minimum absolute atomic E-state index is 0.00270. The summed E-state index contributed by atoms with van der Waals surface area (Å²) in [6, 6.07) is 10.0. The number of piperazine rings is 1. The van der Waals surface area contributed by atoms with Gasteiger partial charge in [0.15, 0.2) is 0 Å². The number of nitrogens with zero attached hydrogens (tertiary/aromatic N) is 4. The molecule has 0 radical (unpaired) electrons. The summed E-state index contributed by atoms with van der Waals surface area (Å²) < 4.78 is 5.31. The molecule has 3 heterocycles. The molecule has 0 aliphatic carbocycles. The largest absolute Gasteiger partial charge is 0.361 e. The molecule has 6 nitrogen and oxygen atoms in total. The number of hydrogen-bond donors (Lipinski definition) is 0. The number of rotatable bonds is 3. The summed E-state index contributed by atoms with van der Waals surface area (Å²) >= 11 is 0. The molecule has 6 heteroatoms. The van der Waals surface area contributed by atoms with Crippen LogP contribution in [0.1, 0.15) is 23.4 Å². The van der Waals surface area contributed by atoms with E-state index >= 15 is 0 Å². The summed E-state index contributed by atoms with van der Waals surface area (Å²) in [7, 11) is 2.08. The van der Waals surface area contributed by atoms with Crippen LogP contribution in [0, 0.1) is 13.8 Å². The number of likely N-dealkylation sites (tertiary alicyclic amines) is 1. The van der Waals surface area contributed by atoms with E-state index in [0.29, 0.717) is 6.54 Å². The number of likely N-dealkylation sites (N-methyl/N-ethyl adjacent to an activating group) is 1. The van der Waals surface area contributed by atoms with E-state index < -0.39 is 0 Å². The van der Waals surface area contributed by atoms with Crippen LogP contribution in [0.25, 0.3) is 0 Å². The summed E-state index contributed by atoms with van der Waals surface area (Å²) in [5.41, 5.74) is 3.16. The minimum atomic E-state index is 0.00270. The Hall–Kier alpha value is -2.18. The lowest BCUT2D eigenvalue weighted by molar-refractivity contribution is -0.123. The van der Waals surface area contributed by atoms with Gasteiger partial charge in [-0.15, -0.1) is 0 Å². The van der Waals surface area contributed by atoms with Crippen molar-refractivity contribution in [3.05, 3.63) is 47.3 Å². The third-order valence-corrected chi connectivity index (χ3v) is 5.98. The predicted octanol–water partition coefficient (Wildman–Crippen LogP) is 2.21. The van der Waals surface area contributed by atoms with Crippen molar-refractivity contribution < 1.29 is 9.32 Å². The zero-order valence-electron chi connectivity index (χ0n) is 15.7. The quantitative estimate of drug-likeness (QED) is 0.846. The molecular weight excluding hydrogens is 328 g/mol. The van der Waals surface area contributed by atoms with E-state index in [-0.39, 0.29) is 11.4 Å². The number of benzene rings is 1. The van der Waals surface area contributed by atoms with Gasteiger partial charge >= 0.3 is 0 Å². The molecule has 2 aliphatic heterocycles. The summed E-state index contributed by atoms with van der Waals surface area (Å²) in [4.78, 5) is 19.3. The first kappa shape index (κ1) is 17.2. The average Bonchev–Trinajstić information content (AvgIpc) is 3.18. The van der Waals surface area contributed by atoms with Crippen molar-refractivity contribution in [2.45, 2.75) is 32.4 Å². The summed E-state index contributed by atoms with van der Waals surface area (Å²) in [6.45, 7) is 8.01. The second-order valence-corrected chi connectivity index (χ2v) is 7.66. The highest BCUT2D eigenvalue weighted by Crippen LogP contribution is 2.34. The molecule has 1 amide bonds. The van der Waals surface area contributed by atoms with Crippen LogP contribution in [-0.2, 0) is 11.3 Å². The first-order chi connectivity index (χ1) is 12.5. The number of para-hydroxylation sites is 1. The summed E-state index contributed by atoms with van der Waals surface area (Å²) in [6.07, 6.45) is 1.06. The first-order valence-electron chi connectivity index (χ1n) is 9.19. The number of hydrogen-bond acceptors (Lipinski definition) is 5. The minimum Gasteiger partial charge on any atom is -0.361 e. The van der Waals surface area contributed by atoms with E-state index in [1.165, 1.54) is 5.56 Å². The highest BCUT2D eigenvalue weighted by Gasteiger charge is 2.47. The molecular formula is C20H26N4O2. The topological polar surface area (TPSA) is 52.8 Å². The number of amides is 1. The molecule has 1 aromatic heterocycles. The molecule has 1 aromatic carbocycles. The zero-order valence-corrected chi connectivity index (χ0v) is 15.7. The van der Waals surface area contributed by atoms with Crippen LogP contribution in [0.3, 0.4) is 0 Å². The predicted molar refractivity (Wildman–Crippen MR) is 100 cm³/mol. The van der Waals surface area contributed by atoms with E-state index in [1.807, 2.05) is 49.1 Å². The van der Waals surface area contributed by atoms with Gasteiger partial charge in [0.1, 0.15) is 5.76 Å². The van der Waals surface area contributed by atoms with Crippen molar-refractivity contribution in [3.63, 3.8) is 0 Å². The van der Waals surface area contributed by atoms with Crippen LogP contribution in [-0.4, -0.2) is 59.6 Å². The molecule has 138 valence electrons. The molecule has 2 aromatic rings. The summed E-state index contributed by atoms with van der Waals surface area (Å²) in [5.74, 6) is 1.08. The molecule has 2 aliphatic rings. The van der Waals surface area contributed by atoms with Gasteiger partial charge in [-0.05, 0) is 39.4 Å². The van der Waals surface area contributed by atoms with Gasteiger partial charge in [0, 0.05) is 37.4 Å². The third-order valence-electron chi connectivity index (χ3n) is 5.98. The van der Waals surface area contributed by atoms with Gasteiger partial charge in [0.2, 0.25) is 5.91 Å². The fraction of sp³-hybridized carbons (Fsp3) is 0.500. The van der Waals surface area contributed by atoms with Crippen LogP contribution in [0.4, 0.5) is 5.69 Å². The number of anilines is 1. The zero-order chi connectivity index (χ0) is 18.3. The Kier molecular flexibility index (Phi) is 4.32. The SMILES string of the molecule is Cc1noc(C)c1CN1CC[C@@]2(C1)CN(c1ccccc1)C(=O)CN2C. The number of carbonyl (C=O) groups is 1. The van der Waals surface area contributed by atoms with Crippen LogP contribution >= 0.6 is 0 Å². The van der Waals surface area contributed by atoms with E-state index in [9.17, 15) is 4.79 Å². The summed E-state index contributed by atoms with van der Waals surface area (Å²) in [5, 5.41) is 4.07. The van der Waals surface area contributed by atoms with Gasteiger partial charge in [-0.3, -0.25) is 14.6 Å². The lowest BCUT2D eigenvalue weighted by atomic mass is 9.92. The molecule has 1 atom stereocenters. The molecule has 0 unspecified atom stereocenters. The fourth-order valence-electron chi connectivity index (χ4n) is 4.27. The average molecular weight is 354 g/mol. The van der Waals surface area contributed by atoms with Gasteiger partial charge in [0.05, 0.1) is 17.8 Å². The fourth-order valence-corrected chi connectivity index (χ4v) is 4.27. The van der Waals surface area contributed by atoms with Gasteiger partial charge in [-0.1, -0.05) is 23.4 Å². The smallest absolute Gasteiger partial charge is 0.241 e. The van der Waals surface area contributed by atoms with Crippen molar-refractivity contribution >= 4 is 11.6 Å². The highest BCUT2D eigenvalue weighted by molar-refractivity contribution is 5.96. The maximum atomic E-state index is 12.6. The van der Waals surface area contributed by atoms with Crippen LogP contribution < -0.4 is 4.90 Å². The normalized spacial score (nSPS) is 24.7. The van der Waals surface area contributed by atoms with Crippen molar-refractivity contribution in [3.8, 4) is 0 Å². The van der Waals surface area contributed by atoms with E-state index in [0.717, 1.165) is 49.7 Å². The molecule has 0 saturated carbocycles. The first-order valence-corrected chi connectivity index (χ1v) is 9.19. The number of aromatic nitrogens is 1. The number of carbonyl (C=O) groups excluding carboxylic acids is 1. The van der Waals surface area contributed by atoms with Crippen molar-refractivity contribution in [2.75, 3.05) is 38.1 Å². The van der Waals surface area contributed by atoms with E-state index in [1.54, 1.807) is 0 Å². The Morgan fingerprint density at radius 1 is 1.19 bits per heavy atom. The Morgan fingerprint density at radius 3 is 2.65 bits per heavy atom. The van der Waals surface area contributed by atoms with Gasteiger partial charge in [0.25, 0.3) is 0 Å². The van der Waals surface area contributed by atoms with Crippen molar-refractivity contribution in [2.24, 2.45) is 0 Å². The second kappa shape index (κ2) is 6.52. The molecule has 4 rings (SSSR count). The maximum Gasteiger partial charge on any atom is 0.241 e. The van der Waals surface area contributed by atoms with E-state index in [2.05, 4.69) is 22.0 Å². The molecule has 2 saturated heterocycles. The molecule has 1 spiro atoms. The molecule has 2 fully saturated rings. The third kappa shape index (κ3) is 2.93. The standard InChI is InChI=1S/C20H26N4O2/c1-15-18(16(2)26-21-15)11-23-10-9-20(13-23)14-24(19(25)12-22(20)3)17-7-5-4-6-8-17/h4-8H,9-14H2,1-3H3/t20-/m1/s1.